The van der Waals surface area contributed by atoms with Crippen LogP contribution in [0, 0.1) is 6.92 Å². The fourth-order valence-corrected chi connectivity index (χ4v) is 1.61. The van der Waals surface area contributed by atoms with Crippen molar-refractivity contribution in [3.8, 4) is 11.4 Å². The largest absolute Gasteiger partial charge is 0.481 e. The van der Waals surface area contributed by atoms with E-state index in [9.17, 15) is 4.79 Å². The van der Waals surface area contributed by atoms with E-state index in [-0.39, 0.29) is 12.2 Å². The Morgan fingerprint density at radius 2 is 1.89 bits per heavy atom. The third-order valence-corrected chi connectivity index (χ3v) is 2.46. The second kappa shape index (κ2) is 5.10. The van der Waals surface area contributed by atoms with Crippen molar-refractivity contribution in [2.24, 2.45) is 0 Å². The van der Waals surface area contributed by atoms with Gasteiger partial charge in [-0.25, -0.2) is 15.0 Å². The predicted octanol–water partition coefficient (Wildman–Crippen LogP) is 2.13. The van der Waals surface area contributed by atoms with E-state index >= 15 is 0 Å². The maximum Gasteiger partial charge on any atom is 0.311 e. The average molecular weight is 264 g/mol. The predicted molar refractivity (Wildman–Crippen MR) is 66.3 cm³/mol. The maximum absolute atomic E-state index is 10.7. The lowest BCUT2D eigenvalue weighted by Crippen LogP contribution is -2.08. The van der Waals surface area contributed by atoms with E-state index in [2.05, 4.69) is 15.0 Å². The Hall–Kier alpha value is -2.01. The minimum atomic E-state index is -0.970. The summed E-state index contributed by atoms with van der Waals surface area (Å²) >= 11 is 5.80. The molecule has 5 nitrogen and oxygen atoms in total. The van der Waals surface area contributed by atoms with Crippen molar-refractivity contribution in [1.82, 2.24) is 15.0 Å². The number of nitrogens with zero attached hydrogens (tertiary/aromatic N) is 3. The van der Waals surface area contributed by atoms with Crippen LogP contribution in [-0.2, 0) is 11.2 Å². The molecule has 18 heavy (non-hydrogen) atoms. The van der Waals surface area contributed by atoms with Gasteiger partial charge in [0.2, 0.25) is 0 Å². The number of rotatable bonds is 3. The molecule has 0 aliphatic rings. The first kappa shape index (κ1) is 12.4. The molecule has 0 spiro atoms. The standard InChI is InChI=1S/C12H10ClN3O2/c1-7-14-10(6-11(17)18)16-12(15-7)8-2-4-9(13)5-3-8/h2-5H,6H2,1H3,(H,17,18). The van der Waals surface area contributed by atoms with E-state index in [4.69, 9.17) is 16.7 Å². The molecule has 0 fully saturated rings. The lowest BCUT2D eigenvalue weighted by molar-refractivity contribution is -0.136. The van der Waals surface area contributed by atoms with Crippen LogP contribution in [-0.4, -0.2) is 26.0 Å². The fraction of sp³-hybridized carbons (Fsp3) is 0.167. The van der Waals surface area contributed by atoms with Gasteiger partial charge in [-0.1, -0.05) is 11.6 Å². The summed E-state index contributed by atoms with van der Waals surface area (Å²) in [5.41, 5.74) is 0.775. The zero-order chi connectivity index (χ0) is 13.1. The van der Waals surface area contributed by atoms with Crippen LogP contribution in [0.25, 0.3) is 11.4 Å². The molecule has 0 amide bonds. The van der Waals surface area contributed by atoms with Crippen molar-refractivity contribution < 1.29 is 9.90 Å². The molecule has 0 saturated carbocycles. The normalized spacial score (nSPS) is 10.3. The summed E-state index contributed by atoms with van der Waals surface area (Å²) in [4.78, 5) is 23.0. The molecule has 0 unspecified atom stereocenters. The van der Waals surface area contributed by atoms with Gasteiger partial charge in [0.1, 0.15) is 18.1 Å². The monoisotopic (exact) mass is 263 g/mol. The molecule has 1 heterocycles. The van der Waals surface area contributed by atoms with Gasteiger partial charge in [-0.2, -0.15) is 0 Å². The number of aryl methyl sites for hydroxylation is 1. The van der Waals surface area contributed by atoms with Gasteiger partial charge in [0, 0.05) is 10.6 Å². The summed E-state index contributed by atoms with van der Waals surface area (Å²) in [5.74, 6) is 0.226. The van der Waals surface area contributed by atoms with E-state index in [1.165, 1.54) is 0 Å². The Morgan fingerprint density at radius 3 is 2.50 bits per heavy atom. The third kappa shape index (κ3) is 3.01. The number of benzene rings is 1. The topological polar surface area (TPSA) is 76.0 Å². The van der Waals surface area contributed by atoms with Gasteiger partial charge < -0.3 is 5.11 Å². The highest BCUT2D eigenvalue weighted by Crippen LogP contribution is 2.18. The van der Waals surface area contributed by atoms with Gasteiger partial charge in [-0.3, -0.25) is 4.79 Å². The summed E-state index contributed by atoms with van der Waals surface area (Å²) in [6, 6.07) is 7.02. The van der Waals surface area contributed by atoms with E-state index in [1.807, 2.05) is 0 Å². The van der Waals surface area contributed by atoms with Gasteiger partial charge >= 0.3 is 5.97 Å². The van der Waals surface area contributed by atoms with Crippen molar-refractivity contribution >= 4 is 17.6 Å². The van der Waals surface area contributed by atoms with Gasteiger partial charge in [0.05, 0.1) is 0 Å². The highest BCUT2D eigenvalue weighted by Gasteiger charge is 2.09. The molecule has 1 N–H and O–H groups in total. The minimum absolute atomic E-state index is 0.218. The number of hydrogen-bond acceptors (Lipinski definition) is 4. The van der Waals surface area contributed by atoms with Gasteiger partial charge in [0.25, 0.3) is 0 Å². The molecule has 6 heteroatoms. The number of carboxylic acid groups (broad SMARTS) is 1. The quantitative estimate of drug-likeness (QED) is 0.918. The van der Waals surface area contributed by atoms with Crippen LogP contribution in [0.5, 0.6) is 0 Å². The number of hydrogen-bond donors (Lipinski definition) is 1. The zero-order valence-corrected chi connectivity index (χ0v) is 10.3. The molecule has 2 rings (SSSR count). The van der Waals surface area contributed by atoms with Crippen LogP contribution in [0.3, 0.4) is 0 Å². The second-order valence-electron chi connectivity index (χ2n) is 3.70. The first-order chi connectivity index (χ1) is 8.54. The average Bonchev–Trinajstić information content (AvgIpc) is 2.28. The summed E-state index contributed by atoms with van der Waals surface area (Å²) in [6.07, 6.45) is -0.218. The number of carbonyl (C=O) groups is 1. The van der Waals surface area contributed by atoms with Crippen LogP contribution in [0.4, 0.5) is 0 Å². The molecule has 92 valence electrons. The lowest BCUT2D eigenvalue weighted by atomic mass is 10.2. The van der Waals surface area contributed by atoms with Crippen LogP contribution >= 0.6 is 11.6 Å². The number of aromatic nitrogens is 3. The Kier molecular flexibility index (Phi) is 3.53. The first-order valence-electron chi connectivity index (χ1n) is 5.24. The van der Waals surface area contributed by atoms with E-state index in [0.29, 0.717) is 16.7 Å². The van der Waals surface area contributed by atoms with Gasteiger partial charge in [0.15, 0.2) is 5.82 Å². The Balaban J connectivity index is 2.41. The molecular formula is C12H10ClN3O2. The molecule has 0 aliphatic heterocycles. The maximum atomic E-state index is 10.7. The van der Waals surface area contributed by atoms with Crippen molar-refractivity contribution in [2.75, 3.05) is 0 Å². The van der Waals surface area contributed by atoms with Crippen LogP contribution in [0.2, 0.25) is 5.02 Å². The first-order valence-corrected chi connectivity index (χ1v) is 5.61. The Bertz CT molecular complexity index is 584. The van der Waals surface area contributed by atoms with Gasteiger partial charge in [-0.15, -0.1) is 0 Å². The van der Waals surface area contributed by atoms with E-state index < -0.39 is 5.97 Å². The minimum Gasteiger partial charge on any atom is -0.481 e. The molecule has 0 radical (unpaired) electrons. The summed E-state index contributed by atoms with van der Waals surface area (Å²) in [7, 11) is 0. The van der Waals surface area contributed by atoms with Crippen LogP contribution < -0.4 is 0 Å². The number of halogens is 1. The van der Waals surface area contributed by atoms with Crippen LogP contribution in [0.1, 0.15) is 11.6 Å². The SMILES string of the molecule is Cc1nc(CC(=O)O)nc(-c2ccc(Cl)cc2)n1. The van der Waals surface area contributed by atoms with Crippen molar-refractivity contribution in [3.63, 3.8) is 0 Å². The zero-order valence-electron chi connectivity index (χ0n) is 9.59. The molecule has 0 atom stereocenters. The second-order valence-corrected chi connectivity index (χ2v) is 4.14. The number of carboxylic acids is 1. The highest BCUT2D eigenvalue weighted by atomic mass is 35.5. The molecule has 2 aromatic rings. The summed E-state index contributed by atoms with van der Waals surface area (Å²) < 4.78 is 0. The smallest absolute Gasteiger partial charge is 0.311 e. The number of aliphatic carboxylic acids is 1. The fourth-order valence-electron chi connectivity index (χ4n) is 1.48. The lowest BCUT2D eigenvalue weighted by Gasteiger charge is -2.04. The van der Waals surface area contributed by atoms with Crippen molar-refractivity contribution in [1.29, 1.82) is 0 Å². The molecule has 1 aromatic heterocycles. The van der Waals surface area contributed by atoms with Crippen LogP contribution in [0.15, 0.2) is 24.3 Å². The van der Waals surface area contributed by atoms with Crippen molar-refractivity contribution in [2.45, 2.75) is 13.3 Å². The molecule has 0 bridgehead atoms. The van der Waals surface area contributed by atoms with E-state index in [0.717, 1.165) is 5.56 Å². The molecule has 1 aromatic carbocycles. The third-order valence-electron chi connectivity index (χ3n) is 2.21. The Morgan fingerprint density at radius 1 is 1.22 bits per heavy atom. The van der Waals surface area contributed by atoms with E-state index in [1.54, 1.807) is 31.2 Å². The Labute approximate surface area is 109 Å². The van der Waals surface area contributed by atoms with Crippen molar-refractivity contribution in [3.05, 3.63) is 40.9 Å². The molecule has 0 saturated heterocycles. The summed E-state index contributed by atoms with van der Waals surface area (Å²) in [6.45, 7) is 1.70. The molecular weight excluding hydrogens is 254 g/mol. The highest BCUT2D eigenvalue weighted by molar-refractivity contribution is 6.30. The molecule has 0 aliphatic carbocycles. The summed E-state index contributed by atoms with van der Waals surface area (Å²) in [5, 5.41) is 9.36. The van der Waals surface area contributed by atoms with Gasteiger partial charge in [-0.05, 0) is 31.2 Å².